The lowest BCUT2D eigenvalue weighted by atomic mass is 10.1. The number of nitrogens with zero attached hydrogens (tertiary/aromatic N) is 1. The van der Waals surface area contributed by atoms with Crippen LogP contribution >= 0.6 is 15.9 Å². The molecule has 3 rings (SSSR count). The molecule has 0 atom stereocenters. The van der Waals surface area contributed by atoms with Crippen LogP contribution in [0.5, 0.6) is 0 Å². The van der Waals surface area contributed by atoms with Gasteiger partial charge in [0.15, 0.2) is 0 Å². The van der Waals surface area contributed by atoms with Gasteiger partial charge in [-0.1, -0.05) is 69.6 Å². The highest BCUT2D eigenvalue weighted by Gasteiger charge is 2.12. The predicted octanol–water partition coefficient (Wildman–Crippen LogP) is 4.85. The Labute approximate surface area is 141 Å². The summed E-state index contributed by atoms with van der Waals surface area (Å²) in [6.07, 6.45) is -0.594. The molecule has 0 aliphatic rings. The van der Waals surface area contributed by atoms with Crippen LogP contribution in [0.4, 0.5) is 10.7 Å². The van der Waals surface area contributed by atoms with Crippen molar-refractivity contribution >= 4 is 27.9 Å². The van der Waals surface area contributed by atoms with Gasteiger partial charge in [0.2, 0.25) is 5.88 Å². The Hall–Kier alpha value is -2.60. The zero-order valence-corrected chi connectivity index (χ0v) is 13.6. The van der Waals surface area contributed by atoms with Crippen molar-refractivity contribution in [2.75, 3.05) is 5.32 Å². The molecule has 0 aliphatic carbocycles. The number of benzene rings is 2. The lowest BCUT2D eigenvalue weighted by Gasteiger charge is -2.04. The SMILES string of the molecule is O=C(Nc1cc(-c2ccccc2Br)no1)OCc1ccccc1. The largest absolute Gasteiger partial charge is 0.444 e. The van der Waals surface area contributed by atoms with Crippen molar-refractivity contribution in [1.29, 1.82) is 0 Å². The first-order valence-corrected chi connectivity index (χ1v) is 7.71. The summed E-state index contributed by atoms with van der Waals surface area (Å²) in [6.45, 7) is 0.192. The minimum atomic E-state index is -0.594. The van der Waals surface area contributed by atoms with Gasteiger partial charge in [-0.25, -0.2) is 4.79 Å². The van der Waals surface area contributed by atoms with Gasteiger partial charge >= 0.3 is 6.09 Å². The number of ether oxygens (including phenoxy) is 1. The van der Waals surface area contributed by atoms with Gasteiger partial charge in [0.05, 0.1) is 0 Å². The highest BCUT2D eigenvalue weighted by molar-refractivity contribution is 9.10. The molecule has 116 valence electrons. The second-order valence-corrected chi connectivity index (χ2v) is 5.60. The maximum absolute atomic E-state index is 11.8. The average molecular weight is 373 g/mol. The lowest BCUT2D eigenvalue weighted by Crippen LogP contribution is -2.12. The number of rotatable bonds is 4. The number of anilines is 1. The van der Waals surface area contributed by atoms with E-state index in [2.05, 4.69) is 26.4 Å². The monoisotopic (exact) mass is 372 g/mol. The van der Waals surface area contributed by atoms with Gasteiger partial charge in [-0.05, 0) is 11.6 Å². The van der Waals surface area contributed by atoms with Crippen LogP contribution in [0.15, 0.2) is 69.7 Å². The van der Waals surface area contributed by atoms with E-state index in [0.717, 1.165) is 15.6 Å². The number of carbonyl (C=O) groups excluding carboxylic acids is 1. The summed E-state index contributed by atoms with van der Waals surface area (Å²) < 4.78 is 11.1. The molecule has 23 heavy (non-hydrogen) atoms. The fourth-order valence-electron chi connectivity index (χ4n) is 1.99. The van der Waals surface area contributed by atoms with Crippen LogP contribution < -0.4 is 5.32 Å². The number of nitrogens with one attached hydrogen (secondary N) is 1. The van der Waals surface area contributed by atoms with Crippen LogP contribution in [0, 0.1) is 0 Å². The quantitative estimate of drug-likeness (QED) is 0.710. The molecule has 0 fully saturated rings. The predicted molar refractivity (Wildman–Crippen MR) is 89.9 cm³/mol. The molecule has 0 radical (unpaired) electrons. The number of carbonyl (C=O) groups is 1. The van der Waals surface area contributed by atoms with Crippen molar-refractivity contribution < 1.29 is 14.1 Å². The number of hydrogen-bond donors (Lipinski definition) is 1. The van der Waals surface area contributed by atoms with Gasteiger partial charge in [0.25, 0.3) is 0 Å². The Morgan fingerprint density at radius 2 is 1.87 bits per heavy atom. The van der Waals surface area contributed by atoms with Crippen LogP contribution in [0.1, 0.15) is 5.56 Å². The third kappa shape index (κ3) is 3.98. The molecule has 1 aromatic heterocycles. The first-order chi connectivity index (χ1) is 11.2. The van der Waals surface area contributed by atoms with Gasteiger partial charge < -0.3 is 9.26 Å². The van der Waals surface area contributed by atoms with E-state index in [1.807, 2.05) is 54.6 Å². The summed E-state index contributed by atoms with van der Waals surface area (Å²) in [5.41, 5.74) is 2.41. The van der Waals surface area contributed by atoms with Crippen molar-refractivity contribution in [1.82, 2.24) is 5.16 Å². The topological polar surface area (TPSA) is 64.4 Å². The van der Waals surface area contributed by atoms with Gasteiger partial charge in [0, 0.05) is 16.1 Å². The molecule has 0 aliphatic heterocycles. The summed E-state index contributed by atoms with van der Waals surface area (Å²) >= 11 is 3.45. The molecule has 0 saturated carbocycles. The molecule has 1 amide bonds. The lowest BCUT2D eigenvalue weighted by molar-refractivity contribution is 0.154. The smallest absolute Gasteiger partial charge is 0.414 e. The van der Waals surface area contributed by atoms with Gasteiger partial charge in [0.1, 0.15) is 12.3 Å². The van der Waals surface area contributed by atoms with Crippen molar-refractivity contribution in [3.63, 3.8) is 0 Å². The molecule has 6 heteroatoms. The van der Waals surface area contributed by atoms with Crippen LogP contribution in [-0.2, 0) is 11.3 Å². The Bertz CT molecular complexity index is 802. The summed E-state index contributed by atoms with van der Waals surface area (Å²) in [5, 5.41) is 6.46. The van der Waals surface area contributed by atoms with Crippen molar-refractivity contribution in [2.24, 2.45) is 0 Å². The molecule has 0 saturated heterocycles. The van der Waals surface area contributed by atoms with E-state index in [4.69, 9.17) is 9.26 Å². The van der Waals surface area contributed by atoms with Gasteiger partial charge in [-0.3, -0.25) is 5.32 Å². The van der Waals surface area contributed by atoms with Crippen molar-refractivity contribution in [3.8, 4) is 11.3 Å². The Morgan fingerprint density at radius 3 is 2.65 bits per heavy atom. The Morgan fingerprint density at radius 1 is 1.13 bits per heavy atom. The number of aromatic nitrogens is 1. The molecule has 1 heterocycles. The highest BCUT2D eigenvalue weighted by Crippen LogP contribution is 2.28. The zero-order valence-electron chi connectivity index (χ0n) is 12.0. The normalized spacial score (nSPS) is 10.3. The van der Waals surface area contributed by atoms with Crippen LogP contribution in [-0.4, -0.2) is 11.2 Å². The van der Waals surface area contributed by atoms with E-state index >= 15 is 0 Å². The van der Waals surface area contributed by atoms with Gasteiger partial charge in [-0.15, -0.1) is 0 Å². The van der Waals surface area contributed by atoms with Gasteiger partial charge in [-0.2, -0.15) is 0 Å². The van der Waals surface area contributed by atoms with Crippen LogP contribution in [0.3, 0.4) is 0 Å². The average Bonchev–Trinajstić information content (AvgIpc) is 3.02. The van der Waals surface area contributed by atoms with E-state index in [9.17, 15) is 4.79 Å². The zero-order chi connectivity index (χ0) is 16.1. The third-order valence-electron chi connectivity index (χ3n) is 3.10. The second kappa shape index (κ2) is 7.11. The van der Waals surface area contributed by atoms with E-state index in [1.165, 1.54) is 0 Å². The number of amides is 1. The minimum absolute atomic E-state index is 0.192. The fourth-order valence-corrected chi connectivity index (χ4v) is 2.48. The second-order valence-electron chi connectivity index (χ2n) is 4.74. The van der Waals surface area contributed by atoms with E-state index in [-0.39, 0.29) is 12.5 Å². The standard InChI is InChI=1S/C17H13BrN2O3/c18-14-9-5-4-8-13(14)15-10-16(23-20-15)19-17(21)22-11-12-6-2-1-3-7-12/h1-10H,11H2,(H,19,21). The summed E-state index contributed by atoms with van der Waals surface area (Å²) in [6, 6.07) is 18.7. The summed E-state index contributed by atoms with van der Waals surface area (Å²) in [5.74, 6) is 0.230. The molecule has 1 N–H and O–H groups in total. The first-order valence-electron chi connectivity index (χ1n) is 6.92. The Kier molecular flexibility index (Phi) is 4.73. The van der Waals surface area contributed by atoms with E-state index in [0.29, 0.717) is 5.69 Å². The Balaban J connectivity index is 1.61. The van der Waals surface area contributed by atoms with E-state index in [1.54, 1.807) is 6.07 Å². The summed E-state index contributed by atoms with van der Waals surface area (Å²) in [7, 11) is 0. The minimum Gasteiger partial charge on any atom is -0.444 e. The molecule has 0 spiro atoms. The van der Waals surface area contributed by atoms with Crippen LogP contribution in [0.25, 0.3) is 11.3 Å². The highest BCUT2D eigenvalue weighted by atomic mass is 79.9. The molecule has 0 bridgehead atoms. The van der Waals surface area contributed by atoms with Crippen molar-refractivity contribution in [2.45, 2.75) is 6.61 Å². The molecule has 0 unspecified atom stereocenters. The molecule has 2 aromatic carbocycles. The maximum atomic E-state index is 11.8. The van der Waals surface area contributed by atoms with E-state index < -0.39 is 6.09 Å². The number of halogens is 1. The van der Waals surface area contributed by atoms with Crippen LogP contribution in [0.2, 0.25) is 0 Å². The molecular formula is C17H13BrN2O3. The number of hydrogen-bond acceptors (Lipinski definition) is 4. The maximum Gasteiger partial charge on any atom is 0.414 e. The third-order valence-corrected chi connectivity index (χ3v) is 3.79. The molecule has 3 aromatic rings. The first kappa shape index (κ1) is 15.3. The summed E-state index contributed by atoms with van der Waals surface area (Å²) in [4.78, 5) is 11.8. The van der Waals surface area contributed by atoms with Crippen molar-refractivity contribution in [3.05, 3.63) is 70.7 Å². The molecular weight excluding hydrogens is 360 g/mol. The molecule has 5 nitrogen and oxygen atoms in total. The fraction of sp³-hybridized carbons (Fsp3) is 0.0588.